The first-order valence-corrected chi connectivity index (χ1v) is 5.70. The predicted octanol–water partition coefficient (Wildman–Crippen LogP) is 3.67. The summed E-state index contributed by atoms with van der Waals surface area (Å²) in [5, 5.41) is 0. The van der Waals surface area contributed by atoms with E-state index in [1.165, 1.54) is 6.07 Å². The Morgan fingerprint density at radius 3 is 2.82 bits per heavy atom. The summed E-state index contributed by atoms with van der Waals surface area (Å²) in [5.41, 5.74) is 6.77. The summed E-state index contributed by atoms with van der Waals surface area (Å²) >= 11 is 3.28. The van der Waals surface area contributed by atoms with Crippen LogP contribution in [-0.4, -0.2) is 4.98 Å². The molecule has 0 aliphatic carbocycles. The normalized spacial score (nSPS) is 10.3. The molecule has 2 aromatic rings. The summed E-state index contributed by atoms with van der Waals surface area (Å²) in [6.07, 6.45) is 3.15. The number of nitrogens with zero attached hydrogens (tertiary/aromatic N) is 1. The molecule has 17 heavy (non-hydrogen) atoms. The van der Waals surface area contributed by atoms with Crippen molar-refractivity contribution in [3.8, 4) is 11.5 Å². The molecule has 0 atom stereocenters. The van der Waals surface area contributed by atoms with Gasteiger partial charge in [-0.1, -0.05) is 0 Å². The fourth-order valence-electron chi connectivity index (χ4n) is 1.31. The van der Waals surface area contributed by atoms with Crippen LogP contribution < -0.4 is 10.5 Å². The molecule has 0 saturated heterocycles. The van der Waals surface area contributed by atoms with Gasteiger partial charge < -0.3 is 10.5 Å². The van der Waals surface area contributed by atoms with Crippen LogP contribution in [0.15, 0.2) is 35.1 Å². The molecule has 5 heteroatoms. The lowest BCUT2D eigenvalue weighted by atomic mass is 10.2. The highest BCUT2D eigenvalue weighted by Gasteiger charge is 2.09. The number of hydrogen-bond acceptors (Lipinski definition) is 3. The van der Waals surface area contributed by atoms with Gasteiger partial charge in [0.05, 0.1) is 4.47 Å². The average molecular weight is 297 g/mol. The highest BCUT2D eigenvalue weighted by atomic mass is 79.9. The van der Waals surface area contributed by atoms with E-state index in [1.807, 2.05) is 0 Å². The second-order valence-electron chi connectivity index (χ2n) is 3.55. The minimum absolute atomic E-state index is 0.142. The molecule has 2 N–H and O–H groups in total. The lowest BCUT2D eigenvalue weighted by molar-refractivity contribution is 0.439. The molecule has 1 heterocycles. The number of rotatable bonds is 2. The quantitative estimate of drug-likeness (QED) is 0.860. The predicted molar refractivity (Wildman–Crippen MR) is 67.6 cm³/mol. The van der Waals surface area contributed by atoms with Gasteiger partial charge in [0, 0.05) is 30.2 Å². The van der Waals surface area contributed by atoms with E-state index in [0.717, 1.165) is 5.56 Å². The van der Waals surface area contributed by atoms with E-state index in [9.17, 15) is 4.39 Å². The van der Waals surface area contributed by atoms with Crippen molar-refractivity contribution in [3.05, 3.63) is 46.4 Å². The number of aryl methyl sites for hydroxylation is 1. The Kier molecular flexibility index (Phi) is 3.28. The molecule has 0 aliphatic rings. The van der Waals surface area contributed by atoms with E-state index in [0.29, 0.717) is 15.9 Å². The van der Waals surface area contributed by atoms with Crippen molar-refractivity contribution in [3.63, 3.8) is 0 Å². The molecule has 0 amide bonds. The largest absolute Gasteiger partial charge is 0.453 e. The molecule has 0 saturated carbocycles. The van der Waals surface area contributed by atoms with E-state index in [-0.39, 0.29) is 5.75 Å². The second-order valence-corrected chi connectivity index (χ2v) is 4.40. The fraction of sp³-hybridized carbons (Fsp3) is 0.0833. The Morgan fingerprint density at radius 1 is 1.35 bits per heavy atom. The first-order valence-electron chi connectivity index (χ1n) is 4.91. The molecule has 2 rings (SSSR count). The van der Waals surface area contributed by atoms with Gasteiger partial charge in [0.2, 0.25) is 0 Å². The molecular formula is C12H10BrFN2O. The fourth-order valence-corrected chi connectivity index (χ4v) is 1.64. The Labute approximate surface area is 107 Å². The zero-order valence-electron chi connectivity index (χ0n) is 9.08. The summed E-state index contributed by atoms with van der Waals surface area (Å²) < 4.78 is 19.7. The van der Waals surface area contributed by atoms with Crippen LogP contribution in [0.3, 0.4) is 0 Å². The van der Waals surface area contributed by atoms with Gasteiger partial charge in [-0.3, -0.25) is 4.98 Å². The smallest absolute Gasteiger partial charge is 0.167 e. The SMILES string of the molecule is Cc1cc(Oc2ccncc2Br)c(F)cc1N. The number of aromatic nitrogens is 1. The summed E-state index contributed by atoms with van der Waals surface area (Å²) in [7, 11) is 0. The Morgan fingerprint density at radius 2 is 2.12 bits per heavy atom. The van der Waals surface area contributed by atoms with Crippen LogP contribution in [0.4, 0.5) is 10.1 Å². The summed E-state index contributed by atoms with van der Waals surface area (Å²) in [6, 6.07) is 4.46. The Hall–Kier alpha value is -1.62. The summed E-state index contributed by atoms with van der Waals surface area (Å²) in [4.78, 5) is 3.90. The molecule has 0 bridgehead atoms. The number of nitrogens with two attached hydrogens (primary N) is 1. The van der Waals surface area contributed by atoms with Gasteiger partial charge >= 0.3 is 0 Å². The van der Waals surface area contributed by atoms with Crippen molar-refractivity contribution in [2.24, 2.45) is 0 Å². The third-order valence-electron chi connectivity index (χ3n) is 2.28. The monoisotopic (exact) mass is 296 g/mol. The molecule has 0 spiro atoms. The minimum Gasteiger partial charge on any atom is -0.453 e. The van der Waals surface area contributed by atoms with Crippen molar-refractivity contribution in [2.75, 3.05) is 5.73 Å². The van der Waals surface area contributed by atoms with Crippen molar-refractivity contribution in [1.82, 2.24) is 4.98 Å². The third kappa shape index (κ3) is 2.55. The van der Waals surface area contributed by atoms with Gasteiger partial charge in [0.1, 0.15) is 5.75 Å². The number of benzene rings is 1. The number of halogens is 2. The van der Waals surface area contributed by atoms with Crippen LogP contribution in [0, 0.1) is 12.7 Å². The Balaban J connectivity index is 2.37. The maximum absolute atomic E-state index is 13.6. The van der Waals surface area contributed by atoms with Gasteiger partial charge in [-0.2, -0.15) is 0 Å². The zero-order valence-corrected chi connectivity index (χ0v) is 10.7. The molecule has 0 unspecified atom stereocenters. The third-order valence-corrected chi connectivity index (χ3v) is 2.87. The molecule has 0 aliphatic heterocycles. The van der Waals surface area contributed by atoms with Crippen LogP contribution >= 0.6 is 15.9 Å². The highest BCUT2D eigenvalue weighted by molar-refractivity contribution is 9.10. The maximum Gasteiger partial charge on any atom is 0.167 e. The van der Waals surface area contributed by atoms with Crippen LogP contribution in [0.5, 0.6) is 11.5 Å². The molecule has 88 valence electrons. The first kappa shape index (κ1) is 11.9. The lowest BCUT2D eigenvalue weighted by Gasteiger charge is -2.10. The van der Waals surface area contributed by atoms with E-state index in [1.54, 1.807) is 31.5 Å². The maximum atomic E-state index is 13.6. The van der Waals surface area contributed by atoms with Crippen molar-refractivity contribution < 1.29 is 9.13 Å². The zero-order chi connectivity index (χ0) is 12.4. The number of hydrogen-bond donors (Lipinski definition) is 1. The number of ether oxygens (including phenoxy) is 1. The Bertz CT molecular complexity index is 560. The standard InChI is InChI=1S/C12H10BrFN2O/c1-7-4-12(9(14)5-10(7)15)17-11-2-3-16-6-8(11)13/h2-6H,15H2,1H3. The molecule has 3 nitrogen and oxygen atoms in total. The van der Waals surface area contributed by atoms with E-state index in [4.69, 9.17) is 10.5 Å². The molecular weight excluding hydrogens is 287 g/mol. The van der Waals surface area contributed by atoms with Crippen molar-refractivity contribution in [2.45, 2.75) is 6.92 Å². The van der Waals surface area contributed by atoms with Crippen LogP contribution in [0.25, 0.3) is 0 Å². The van der Waals surface area contributed by atoms with Crippen molar-refractivity contribution >= 4 is 21.6 Å². The minimum atomic E-state index is -0.489. The second kappa shape index (κ2) is 4.71. The number of nitrogen functional groups attached to an aromatic ring is 1. The van der Waals surface area contributed by atoms with Crippen LogP contribution in [-0.2, 0) is 0 Å². The topological polar surface area (TPSA) is 48.1 Å². The summed E-state index contributed by atoms with van der Waals surface area (Å²) in [6.45, 7) is 1.79. The number of pyridine rings is 1. The molecule has 0 fully saturated rings. The van der Waals surface area contributed by atoms with E-state index in [2.05, 4.69) is 20.9 Å². The van der Waals surface area contributed by atoms with Crippen molar-refractivity contribution in [1.29, 1.82) is 0 Å². The van der Waals surface area contributed by atoms with E-state index >= 15 is 0 Å². The first-order chi connectivity index (χ1) is 8.08. The molecule has 0 radical (unpaired) electrons. The highest BCUT2D eigenvalue weighted by Crippen LogP contribution is 2.31. The molecule has 1 aromatic carbocycles. The molecule has 1 aromatic heterocycles. The van der Waals surface area contributed by atoms with Gasteiger partial charge in [-0.05, 0) is 34.5 Å². The van der Waals surface area contributed by atoms with Gasteiger partial charge in [0.15, 0.2) is 11.6 Å². The van der Waals surface area contributed by atoms with Gasteiger partial charge in [-0.15, -0.1) is 0 Å². The number of anilines is 1. The van der Waals surface area contributed by atoms with Crippen LogP contribution in [0.2, 0.25) is 0 Å². The van der Waals surface area contributed by atoms with E-state index < -0.39 is 5.82 Å². The van der Waals surface area contributed by atoms with Crippen LogP contribution in [0.1, 0.15) is 5.56 Å². The summed E-state index contributed by atoms with van der Waals surface area (Å²) in [5.74, 6) is 0.156. The van der Waals surface area contributed by atoms with Gasteiger partial charge in [0.25, 0.3) is 0 Å². The average Bonchev–Trinajstić information content (AvgIpc) is 2.29. The lowest BCUT2D eigenvalue weighted by Crippen LogP contribution is -1.95. The van der Waals surface area contributed by atoms with Gasteiger partial charge in [-0.25, -0.2) is 4.39 Å².